The fourth-order valence-corrected chi connectivity index (χ4v) is 7.75. The molecule has 8 nitrogen and oxygen atoms in total. The van der Waals surface area contributed by atoms with Gasteiger partial charge >= 0.3 is 6.03 Å². The predicted octanol–water partition coefficient (Wildman–Crippen LogP) is 6.60. The van der Waals surface area contributed by atoms with Crippen LogP contribution in [0.5, 0.6) is 11.5 Å². The molecule has 2 bridgehead atoms. The molecule has 2 fully saturated rings. The normalized spacial score (nSPS) is 23.9. The highest BCUT2D eigenvalue weighted by molar-refractivity contribution is 6.30. The Bertz CT molecular complexity index is 1560. The smallest absolute Gasteiger partial charge is 0.317 e. The minimum atomic E-state index is -1.08. The first-order chi connectivity index (χ1) is 21.5. The summed E-state index contributed by atoms with van der Waals surface area (Å²) in [4.78, 5) is 30.2. The van der Waals surface area contributed by atoms with E-state index in [2.05, 4.69) is 5.32 Å². The number of nitrogens with zero attached hydrogens (tertiary/aromatic N) is 2. The first kappa shape index (κ1) is 31.2. The molecule has 0 radical (unpaired) electrons. The zero-order valence-electron chi connectivity index (χ0n) is 26.5. The number of urea groups is 1. The number of hydrogen-bond donors (Lipinski definition) is 2. The highest BCUT2D eigenvalue weighted by Gasteiger charge is 2.48. The summed E-state index contributed by atoms with van der Waals surface area (Å²) in [5.41, 5.74) is 3.23. The topological polar surface area (TPSA) is 91.3 Å². The van der Waals surface area contributed by atoms with Crippen molar-refractivity contribution in [1.82, 2.24) is 10.2 Å². The van der Waals surface area contributed by atoms with Gasteiger partial charge in [-0.15, -0.1) is 0 Å². The first-order valence-corrected chi connectivity index (χ1v) is 16.2. The second-order valence-electron chi connectivity index (χ2n) is 13.0. The maximum atomic E-state index is 13.9. The molecule has 3 aromatic carbocycles. The summed E-state index contributed by atoms with van der Waals surface area (Å²) in [7, 11) is 3.28. The molecule has 3 amide bonds. The molecule has 238 valence electrons. The number of halogens is 1. The summed E-state index contributed by atoms with van der Waals surface area (Å²) in [6.45, 7) is 5.82. The van der Waals surface area contributed by atoms with Gasteiger partial charge in [-0.2, -0.15) is 0 Å². The molecular formula is C36H42ClN3O5. The Labute approximate surface area is 270 Å². The van der Waals surface area contributed by atoms with Crippen LogP contribution >= 0.6 is 11.6 Å². The molecule has 9 heteroatoms. The van der Waals surface area contributed by atoms with Gasteiger partial charge in [-0.05, 0) is 111 Å². The molecule has 6 rings (SSSR count). The molecule has 0 spiro atoms. The fraction of sp³-hybridized carbons (Fsp3) is 0.444. The second kappa shape index (κ2) is 12.2. The predicted molar refractivity (Wildman–Crippen MR) is 175 cm³/mol. The molecule has 3 unspecified atom stereocenters. The second-order valence-corrected chi connectivity index (χ2v) is 13.4. The van der Waals surface area contributed by atoms with Crippen molar-refractivity contribution in [3.8, 4) is 11.5 Å². The molecule has 3 aliphatic heterocycles. The Kier molecular flexibility index (Phi) is 8.48. The standard InChI is InChI=1S/C36H42ClN3O5/c1-21(2)45-32-20-30-23(16-31(32)44-5)17-33(41)40(34(30)22-6-10-26(37)11-7-22)27-12-8-24(9-13-27)36(3,43)25-18-28-14-15-29(19-25)39(28)35(42)38-4/h6-13,16,20-21,25,28-29,34,43H,14-15,17-19H2,1-5H3,(H,38,42)/t25?,28?,29?,34-,36?/m0/s1. The van der Waals surface area contributed by atoms with E-state index in [0.717, 1.165) is 53.6 Å². The van der Waals surface area contributed by atoms with Crippen molar-refractivity contribution in [2.24, 2.45) is 5.92 Å². The lowest BCUT2D eigenvalue weighted by atomic mass is 9.75. The highest BCUT2D eigenvalue weighted by atomic mass is 35.5. The van der Waals surface area contributed by atoms with Crippen molar-refractivity contribution >= 4 is 29.2 Å². The summed E-state index contributed by atoms with van der Waals surface area (Å²) in [5.74, 6) is 1.20. The third-order valence-electron chi connectivity index (χ3n) is 9.84. The van der Waals surface area contributed by atoms with Gasteiger partial charge in [0.2, 0.25) is 5.91 Å². The average molecular weight is 632 g/mol. The number of hydrogen-bond acceptors (Lipinski definition) is 5. The van der Waals surface area contributed by atoms with Gasteiger partial charge in [0.05, 0.1) is 31.3 Å². The Hall–Kier alpha value is -3.75. The van der Waals surface area contributed by atoms with E-state index in [1.807, 2.05) is 91.2 Å². The van der Waals surface area contributed by atoms with Gasteiger partial charge in [0.25, 0.3) is 0 Å². The number of amides is 3. The largest absolute Gasteiger partial charge is 0.493 e. The molecule has 0 saturated carbocycles. The number of piperidine rings is 1. The zero-order chi connectivity index (χ0) is 32.0. The average Bonchev–Trinajstić information content (AvgIpc) is 3.28. The van der Waals surface area contributed by atoms with Gasteiger partial charge < -0.3 is 29.7 Å². The molecule has 3 aliphatic rings. The van der Waals surface area contributed by atoms with Crippen LogP contribution in [0.2, 0.25) is 5.02 Å². The summed E-state index contributed by atoms with van der Waals surface area (Å²) in [6.07, 6.45) is 3.59. The minimum Gasteiger partial charge on any atom is -0.493 e. The number of aliphatic hydroxyl groups is 1. The van der Waals surface area contributed by atoms with E-state index in [-0.39, 0.29) is 42.5 Å². The van der Waals surface area contributed by atoms with Gasteiger partial charge in [-0.25, -0.2) is 4.79 Å². The molecule has 45 heavy (non-hydrogen) atoms. The summed E-state index contributed by atoms with van der Waals surface area (Å²) in [5, 5.41) is 15.3. The number of ether oxygens (including phenoxy) is 2. The van der Waals surface area contributed by atoms with Crippen molar-refractivity contribution in [1.29, 1.82) is 0 Å². The number of carbonyl (C=O) groups is 2. The molecule has 0 aromatic heterocycles. The zero-order valence-corrected chi connectivity index (χ0v) is 27.3. The van der Waals surface area contributed by atoms with Gasteiger partial charge in [-0.1, -0.05) is 35.9 Å². The van der Waals surface area contributed by atoms with Crippen molar-refractivity contribution in [3.05, 3.63) is 87.9 Å². The van der Waals surface area contributed by atoms with Crippen LogP contribution in [0.25, 0.3) is 0 Å². The molecule has 3 heterocycles. The lowest BCUT2D eigenvalue weighted by Crippen LogP contribution is -2.52. The van der Waals surface area contributed by atoms with Crippen molar-refractivity contribution < 1.29 is 24.2 Å². The van der Waals surface area contributed by atoms with Crippen LogP contribution in [0.1, 0.15) is 74.8 Å². The fourth-order valence-electron chi connectivity index (χ4n) is 7.62. The van der Waals surface area contributed by atoms with Crippen molar-refractivity contribution in [3.63, 3.8) is 0 Å². The van der Waals surface area contributed by atoms with E-state index in [1.165, 1.54) is 0 Å². The van der Waals surface area contributed by atoms with Gasteiger partial charge in [0.1, 0.15) is 0 Å². The summed E-state index contributed by atoms with van der Waals surface area (Å²) in [6, 6.07) is 19.0. The SMILES string of the molecule is CNC(=O)N1C2CCC1CC(C(C)(O)c1ccc(N3C(=O)Cc4cc(OC)c(OC(C)C)cc4[C@@H]3c3ccc(Cl)cc3)cc1)C2. The van der Waals surface area contributed by atoms with E-state index in [9.17, 15) is 14.7 Å². The maximum Gasteiger partial charge on any atom is 0.317 e. The number of methoxy groups -OCH3 is 1. The molecular weight excluding hydrogens is 590 g/mol. The van der Waals surface area contributed by atoms with E-state index in [0.29, 0.717) is 16.5 Å². The van der Waals surface area contributed by atoms with Crippen LogP contribution in [0.15, 0.2) is 60.7 Å². The van der Waals surface area contributed by atoms with E-state index in [4.69, 9.17) is 21.1 Å². The molecule has 4 atom stereocenters. The van der Waals surface area contributed by atoms with E-state index >= 15 is 0 Å². The van der Waals surface area contributed by atoms with Crippen LogP contribution < -0.4 is 19.7 Å². The third kappa shape index (κ3) is 5.74. The lowest BCUT2D eigenvalue weighted by Gasteiger charge is -2.44. The van der Waals surface area contributed by atoms with E-state index < -0.39 is 11.6 Å². The van der Waals surface area contributed by atoms with Crippen molar-refractivity contribution in [2.45, 2.75) is 82.7 Å². The Morgan fingerprint density at radius 2 is 1.67 bits per heavy atom. The van der Waals surface area contributed by atoms with Crippen LogP contribution in [0.4, 0.5) is 10.5 Å². The monoisotopic (exact) mass is 631 g/mol. The van der Waals surface area contributed by atoms with Crippen LogP contribution in [-0.4, -0.2) is 54.3 Å². The lowest BCUT2D eigenvalue weighted by molar-refractivity contribution is -0.118. The first-order valence-electron chi connectivity index (χ1n) is 15.8. The van der Waals surface area contributed by atoms with Crippen molar-refractivity contribution in [2.75, 3.05) is 19.1 Å². The number of fused-ring (bicyclic) bond motifs is 3. The van der Waals surface area contributed by atoms with Gasteiger partial charge in [0.15, 0.2) is 11.5 Å². The number of carbonyl (C=O) groups excluding carboxylic acids is 2. The number of rotatable bonds is 7. The maximum absolute atomic E-state index is 13.9. The van der Waals surface area contributed by atoms with Gasteiger partial charge in [0, 0.05) is 29.8 Å². The quantitative estimate of drug-likeness (QED) is 0.306. The number of anilines is 1. The molecule has 3 aromatic rings. The summed E-state index contributed by atoms with van der Waals surface area (Å²) >= 11 is 6.27. The molecule has 0 aliphatic carbocycles. The third-order valence-corrected chi connectivity index (χ3v) is 10.1. The Morgan fingerprint density at radius 3 is 2.24 bits per heavy atom. The van der Waals surface area contributed by atoms with Crippen LogP contribution in [0.3, 0.4) is 0 Å². The van der Waals surface area contributed by atoms with Gasteiger partial charge in [-0.3, -0.25) is 4.79 Å². The number of nitrogens with one attached hydrogen (secondary N) is 1. The van der Waals surface area contributed by atoms with E-state index in [1.54, 1.807) is 14.2 Å². The van der Waals surface area contributed by atoms with Crippen LogP contribution in [-0.2, 0) is 16.8 Å². The molecule has 2 N–H and O–H groups in total. The minimum absolute atomic E-state index is 0.0152. The number of benzene rings is 3. The highest BCUT2D eigenvalue weighted by Crippen LogP contribution is 2.47. The molecule has 2 saturated heterocycles. The van der Waals surface area contributed by atoms with Crippen LogP contribution in [0, 0.1) is 5.92 Å². The summed E-state index contributed by atoms with van der Waals surface area (Å²) < 4.78 is 11.8. The Balaban J connectivity index is 1.34. The Morgan fingerprint density at radius 1 is 1.02 bits per heavy atom.